The topological polar surface area (TPSA) is 78.7 Å². The summed E-state index contributed by atoms with van der Waals surface area (Å²) in [6, 6.07) is 36.4. The van der Waals surface area contributed by atoms with Gasteiger partial charge in [0.15, 0.2) is 5.78 Å². The molecule has 7 rings (SSSR count). The highest BCUT2D eigenvalue weighted by Gasteiger charge is 2.38. The summed E-state index contributed by atoms with van der Waals surface area (Å²) < 4.78 is 18.3. The predicted octanol–water partition coefficient (Wildman–Crippen LogP) is 8.65. The Morgan fingerprint density at radius 3 is 2.00 bits per heavy atom. The van der Waals surface area contributed by atoms with Gasteiger partial charge in [-0.15, -0.1) is 0 Å². The van der Waals surface area contributed by atoms with Crippen molar-refractivity contribution in [3.8, 4) is 11.4 Å². The number of aromatic nitrogens is 4. The number of hydrogen-bond donors (Lipinski definition) is 1. The van der Waals surface area contributed by atoms with Gasteiger partial charge in [-0.1, -0.05) is 103 Å². The summed E-state index contributed by atoms with van der Waals surface area (Å²) in [7, 11) is 1.82. The van der Waals surface area contributed by atoms with Gasteiger partial charge in [-0.05, 0) is 56.9 Å². The second-order valence-corrected chi connectivity index (χ2v) is 12.2. The Bertz CT molecular complexity index is 2140. The van der Waals surface area contributed by atoms with Crippen molar-refractivity contribution in [1.82, 2.24) is 19.3 Å². The summed E-state index contributed by atoms with van der Waals surface area (Å²) in [4.78, 5) is 18.5. The second-order valence-electron chi connectivity index (χ2n) is 11.0. The molecule has 2 heterocycles. The summed E-state index contributed by atoms with van der Waals surface area (Å²) >= 11 is 9.85. The number of benzene rings is 5. The second kappa shape index (κ2) is 11.7. The van der Waals surface area contributed by atoms with Crippen LogP contribution >= 0.6 is 27.5 Å². The van der Waals surface area contributed by atoms with Crippen LogP contribution in [0.1, 0.15) is 32.6 Å². The van der Waals surface area contributed by atoms with E-state index in [1.165, 1.54) is 12.1 Å². The number of hydrogen-bond acceptors (Lipinski definition) is 4. The number of carbonyl (C=O) groups is 1. The molecule has 7 aromatic rings. The van der Waals surface area contributed by atoms with Crippen LogP contribution < -0.4 is 5.73 Å². The van der Waals surface area contributed by atoms with Crippen LogP contribution in [-0.2, 0) is 12.6 Å². The third kappa shape index (κ3) is 4.73. The van der Waals surface area contributed by atoms with Crippen molar-refractivity contribution < 1.29 is 9.18 Å². The van der Waals surface area contributed by atoms with E-state index in [0.717, 1.165) is 22.8 Å². The van der Waals surface area contributed by atoms with E-state index in [0.29, 0.717) is 26.8 Å². The van der Waals surface area contributed by atoms with Crippen LogP contribution in [0.5, 0.6) is 0 Å². The minimum Gasteiger partial charge on any atom is -0.398 e. The number of carbonyl (C=O) groups excluding carboxylic acids is 1. The molecule has 2 aromatic heterocycles. The number of halogens is 3. The van der Waals surface area contributed by atoms with E-state index >= 15 is 0 Å². The van der Waals surface area contributed by atoms with E-state index in [1.807, 2.05) is 74.2 Å². The van der Waals surface area contributed by atoms with E-state index in [-0.39, 0.29) is 21.8 Å². The fourth-order valence-corrected chi connectivity index (χ4v) is 7.17. The van der Waals surface area contributed by atoms with E-state index in [2.05, 4.69) is 56.9 Å². The number of nitrogens with zero attached hydrogens (tertiary/aromatic N) is 4. The van der Waals surface area contributed by atoms with Crippen molar-refractivity contribution in [2.24, 2.45) is 7.05 Å². The lowest BCUT2D eigenvalue weighted by atomic mass is 9.77. The molecule has 0 aliphatic carbocycles. The highest BCUT2D eigenvalue weighted by Crippen LogP contribution is 2.43. The number of anilines is 1. The van der Waals surface area contributed by atoms with Crippen molar-refractivity contribution in [3.05, 3.63) is 171 Å². The molecule has 0 saturated heterocycles. The molecule has 2 N–H and O–H groups in total. The van der Waals surface area contributed by atoms with Crippen LogP contribution in [0.25, 0.3) is 22.3 Å². The van der Waals surface area contributed by atoms with E-state index in [1.54, 1.807) is 10.7 Å². The van der Waals surface area contributed by atoms with E-state index in [9.17, 15) is 9.18 Å². The quantitative estimate of drug-likeness (QED) is 0.103. The molecular formula is C37H26BrClFN5O. The van der Waals surface area contributed by atoms with Crippen LogP contribution in [0.15, 0.2) is 132 Å². The van der Waals surface area contributed by atoms with Crippen LogP contribution in [0.3, 0.4) is 0 Å². The van der Waals surface area contributed by atoms with Crippen molar-refractivity contribution in [2.75, 3.05) is 5.73 Å². The Labute approximate surface area is 278 Å². The minimum absolute atomic E-state index is 0.0161. The van der Waals surface area contributed by atoms with E-state index < -0.39 is 17.1 Å². The monoisotopic (exact) mass is 689 g/mol. The molecule has 0 aliphatic heterocycles. The fraction of sp³-hybridized carbons (Fsp3) is 0.0541. The molecule has 0 fully saturated rings. The normalized spacial score (nSPS) is 11.7. The van der Waals surface area contributed by atoms with E-state index in [4.69, 9.17) is 27.4 Å². The molecule has 5 aromatic carbocycles. The summed E-state index contributed by atoms with van der Waals surface area (Å²) in [6.07, 6.45) is 3.85. The average Bonchev–Trinajstić information content (AvgIpc) is 3.68. The molecule has 0 radical (unpaired) electrons. The highest BCUT2D eigenvalue weighted by atomic mass is 79.9. The van der Waals surface area contributed by atoms with Crippen molar-refractivity contribution in [2.45, 2.75) is 5.54 Å². The molecule has 0 saturated carbocycles. The van der Waals surface area contributed by atoms with Crippen molar-refractivity contribution in [3.63, 3.8) is 0 Å². The van der Waals surface area contributed by atoms with Crippen LogP contribution in [0.2, 0.25) is 5.02 Å². The third-order valence-corrected chi connectivity index (χ3v) is 9.39. The SMILES string of the molecule is Cn1nc2c(Br)c(C(=O)c3cc(F)ccc3Cl)c(N)cc2c1-c1cn(C(c2ccccc2)(c2ccccc2)c2ccccc2)cn1. The van der Waals surface area contributed by atoms with Crippen molar-refractivity contribution >= 4 is 49.9 Å². The number of aryl methyl sites for hydroxylation is 1. The number of imidazole rings is 1. The van der Waals surface area contributed by atoms with Gasteiger partial charge in [-0.3, -0.25) is 9.48 Å². The van der Waals surface area contributed by atoms with Gasteiger partial charge in [0.05, 0.1) is 27.1 Å². The zero-order valence-corrected chi connectivity index (χ0v) is 26.9. The summed E-state index contributed by atoms with van der Waals surface area (Å²) in [5, 5.41) is 5.58. The number of rotatable bonds is 7. The number of ketones is 1. The lowest BCUT2D eigenvalue weighted by Gasteiger charge is -2.37. The Kier molecular flexibility index (Phi) is 7.55. The van der Waals surface area contributed by atoms with Gasteiger partial charge >= 0.3 is 0 Å². The van der Waals surface area contributed by atoms with Gasteiger partial charge in [0.1, 0.15) is 22.6 Å². The maximum Gasteiger partial charge on any atom is 0.197 e. The molecular weight excluding hydrogens is 665 g/mol. The fourth-order valence-electron chi connectivity index (χ4n) is 6.27. The van der Waals surface area contributed by atoms with Crippen LogP contribution in [-0.4, -0.2) is 25.1 Å². The molecule has 0 unspecified atom stereocenters. The number of nitrogen functional groups attached to an aromatic ring is 1. The maximum absolute atomic E-state index is 14.1. The first-order chi connectivity index (χ1) is 22.3. The molecule has 0 amide bonds. The molecule has 6 nitrogen and oxygen atoms in total. The minimum atomic E-state index is -0.743. The molecule has 0 spiro atoms. The molecule has 9 heteroatoms. The highest BCUT2D eigenvalue weighted by molar-refractivity contribution is 9.10. The Morgan fingerprint density at radius 1 is 0.870 bits per heavy atom. The molecule has 0 bridgehead atoms. The van der Waals surface area contributed by atoms with Gasteiger partial charge in [-0.25, -0.2) is 9.37 Å². The Hall–Kier alpha value is -5.05. The smallest absolute Gasteiger partial charge is 0.197 e. The summed E-state index contributed by atoms with van der Waals surface area (Å²) in [5.74, 6) is -1.08. The lowest BCUT2D eigenvalue weighted by molar-refractivity contribution is 0.103. The predicted molar refractivity (Wildman–Crippen MR) is 183 cm³/mol. The standard InChI is InChI=1S/C37H26BrClFN5O/c1-44-35(28-20-30(41)32(33(38)34(28)43-44)36(46)27-19-26(40)17-18-29(27)39)31-21-45(22-42-31)37(23-11-5-2-6-12-23,24-13-7-3-8-14-24)25-15-9-4-10-16-25/h2-22H,41H2,1H3. The molecule has 0 aliphatic rings. The molecule has 226 valence electrons. The van der Waals surface area contributed by atoms with Gasteiger partial charge in [0.25, 0.3) is 0 Å². The Balaban J connectivity index is 1.43. The van der Waals surface area contributed by atoms with Gasteiger partial charge < -0.3 is 10.3 Å². The first-order valence-corrected chi connectivity index (χ1v) is 15.6. The van der Waals surface area contributed by atoms with Gasteiger partial charge in [0, 0.05) is 29.9 Å². The summed E-state index contributed by atoms with van der Waals surface area (Å²) in [5.41, 5.74) is 11.2. The zero-order valence-electron chi connectivity index (χ0n) is 24.5. The first-order valence-electron chi connectivity index (χ1n) is 14.5. The maximum atomic E-state index is 14.1. The lowest BCUT2D eigenvalue weighted by Crippen LogP contribution is -2.36. The largest absolute Gasteiger partial charge is 0.398 e. The molecule has 0 atom stereocenters. The third-order valence-electron chi connectivity index (χ3n) is 8.29. The Morgan fingerprint density at radius 2 is 1.43 bits per heavy atom. The van der Waals surface area contributed by atoms with Crippen LogP contribution in [0, 0.1) is 5.82 Å². The number of fused-ring (bicyclic) bond motifs is 1. The first kappa shape index (κ1) is 29.6. The average molecular weight is 691 g/mol. The molecule has 46 heavy (non-hydrogen) atoms. The van der Waals surface area contributed by atoms with Crippen LogP contribution in [0.4, 0.5) is 10.1 Å². The summed E-state index contributed by atoms with van der Waals surface area (Å²) in [6.45, 7) is 0. The van der Waals surface area contributed by atoms with Gasteiger partial charge in [-0.2, -0.15) is 5.10 Å². The number of nitrogens with two attached hydrogens (primary N) is 1. The van der Waals surface area contributed by atoms with Crippen molar-refractivity contribution in [1.29, 1.82) is 0 Å². The zero-order chi connectivity index (χ0) is 32.0. The van der Waals surface area contributed by atoms with Gasteiger partial charge in [0.2, 0.25) is 0 Å².